The van der Waals surface area contributed by atoms with Crippen LogP contribution in [0.3, 0.4) is 0 Å². The molecule has 0 aliphatic carbocycles. The highest BCUT2D eigenvalue weighted by Gasteiger charge is 2.08. The minimum absolute atomic E-state index is 0.0514. The Morgan fingerprint density at radius 2 is 2.11 bits per heavy atom. The van der Waals surface area contributed by atoms with Gasteiger partial charge >= 0.3 is 0 Å². The Balaban J connectivity index is 2.39. The molecule has 0 radical (unpaired) electrons. The maximum Gasteiger partial charge on any atom is 0.264 e. The molecule has 0 fully saturated rings. The van der Waals surface area contributed by atoms with E-state index in [9.17, 15) is 4.79 Å². The lowest BCUT2D eigenvalue weighted by molar-refractivity contribution is 0.874. The van der Waals surface area contributed by atoms with Gasteiger partial charge in [-0.15, -0.1) is 0 Å². The van der Waals surface area contributed by atoms with Crippen molar-refractivity contribution in [3.63, 3.8) is 0 Å². The first-order valence-corrected chi connectivity index (χ1v) is 7.50. The Morgan fingerprint density at radius 3 is 2.78 bits per heavy atom. The Labute approximate surface area is 127 Å². The normalized spacial score (nSPS) is 10.6. The van der Waals surface area contributed by atoms with Gasteiger partial charge in [0.1, 0.15) is 5.82 Å². The van der Waals surface area contributed by atoms with Crippen LogP contribution < -0.4 is 5.56 Å². The van der Waals surface area contributed by atoms with Gasteiger partial charge in [-0.1, -0.05) is 41.1 Å². The van der Waals surface area contributed by atoms with Crippen molar-refractivity contribution >= 4 is 38.5 Å². The zero-order chi connectivity index (χ0) is 13.1. The van der Waals surface area contributed by atoms with E-state index in [1.54, 1.807) is 0 Å². The van der Waals surface area contributed by atoms with Gasteiger partial charge in [0.05, 0.1) is 9.26 Å². The van der Waals surface area contributed by atoms with E-state index in [0.29, 0.717) is 15.8 Å². The zero-order valence-corrected chi connectivity index (χ0v) is 13.6. The minimum atomic E-state index is -0.0514. The lowest BCUT2D eigenvalue weighted by Gasteiger charge is -2.06. The highest BCUT2D eigenvalue weighted by atomic mass is 127. The van der Waals surface area contributed by atoms with Crippen LogP contribution in [0.15, 0.2) is 33.5 Å². The number of hydrogen-bond acceptors (Lipinski definition) is 2. The summed E-state index contributed by atoms with van der Waals surface area (Å²) < 4.78 is 1.72. The predicted molar refractivity (Wildman–Crippen MR) is 83.9 cm³/mol. The number of aryl methyl sites for hydroxylation is 1. The molecular weight excluding hydrogens is 407 g/mol. The van der Waals surface area contributed by atoms with Crippen molar-refractivity contribution in [3.8, 4) is 0 Å². The van der Waals surface area contributed by atoms with E-state index in [0.717, 1.165) is 22.2 Å². The van der Waals surface area contributed by atoms with Gasteiger partial charge in [-0.3, -0.25) is 4.79 Å². The number of aromatic amines is 1. The molecule has 2 aromatic rings. The van der Waals surface area contributed by atoms with Crippen molar-refractivity contribution in [2.75, 3.05) is 0 Å². The van der Waals surface area contributed by atoms with Crippen molar-refractivity contribution in [3.05, 3.63) is 59.7 Å². The fourth-order valence-electron chi connectivity index (χ4n) is 1.70. The highest BCUT2D eigenvalue weighted by Crippen LogP contribution is 2.18. The van der Waals surface area contributed by atoms with Crippen molar-refractivity contribution in [2.45, 2.75) is 19.8 Å². The van der Waals surface area contributed by atoms with E-state index in [4.69, 9.17) is 0 Å². The molecule has 1 heterocycles. The first-order chi connectivity index (χ1) is 8.61. The molecule has 0 spiro atoms. The average Bonchev–Trinajstić information content (AvgIpc) is 2.36. The van der Waals surface area contributed by atoms with Crippen molar-refractivity contribution in [1.82, 2.24) is 9.97 Å². The molecule has 0 saturated heterocycles. The monoisotopic (exact) mass is 418 g/mol. The summed E-state index contributed by atoms with van der Waals surface area (Å²) in [4.78, 5) is 19.1. The highest BCUT2D eigenvalue weighted by molar-refractivity contribution is 14.1. The standard InChI is InChI=1S/C13H12BrIN2O/c1-2-10-12(15)13(18)17-11(16-10)7-8-5-3-4-6-9(8)14/h3-6H,2,7H2,1H3,(H,16,17,18). The number of rotatable bonds is 3. The van der Waals surface area contributed by atoms with Crippen LogP contribution in [0.2, 0.25) is 0 Å². The summed E-state index contributed by atoms with van der Waals surface area (Å²) in [6.45, 7) is 2.01. The number of benzene rings is 1. The summed E-state index contributed by atoms with van der Waals surface area (Å²) in [5.74, 6) is 0.712. The van der Waals surface area contributed by atoms with Crippen molar-refractivity contribution < 1.29 is 0 Å². The quantitative estimate of drug-likeness (QED) is 0.777. The predicted octanol–water partition coefficient (Wildman–Crippen LogP) is 3.29. The second-order valence-electron chi connectivity index (χ2n) is 3.90. The molecule has 0 saturated carbocycles. The van der Waals surface area contributed by atoms with E-state index in [1.807, 2.05) is 53.8 Å². The van der Waals surface area contributed by atoms with Crippen LogP contribution in [0.5, 0.6) is 0 Å². The summed E-state index contributed by atoms with van der Waals surface area (Å²) in [7, 11) is 0. The lowest BCUT2D eigenvalue weighted by Crippen LogP contribution is -2.18. The molecule has 1 aromatic carbocycles. The average molecular weight is 419 g/mol. The van der Waals surface area contributed by atoms with Crippen LogP contribution in [-0.2, 0) is 12.8 Å². The maximum atomic E-state index is 11.8. The van der Waals surface area contributed by atoms with Gasteiger partial charge < -0.3 is 4.98 Å². The van der Waals surface area contributed by atoms with E-state index >= 15 is 0 Å². The Kier molecular flexibility index (Phi) is 4.55. The Bertz CT molecular complexity index is 625. The van der Waals surface area contributed by atoms with Crippen LogP contribution in [0.25, 0.3) is 0 Å². The molecule has 3 nitrogen and oxygen atoms in total. The fourth-order valence-corrected chi connectivity index (χ4v) is 2.76. The molecule has 0 bridgehead atoms. The van der Waals surface area contributed by atoms with E-state index in [-0.39, 0.29) is 5.56 Å². The van der Waals surface area contributed by atoms with Gasteiger partial charge in [0.25, 0.3) is 5.56 Å². The molecule has 94 valence electrons. The van der Waals surface area contributed by atoms with Crippen molar-refractivity contribution in [2.24, 2.45) is 0 Å². The Hall–Kier alpha value is -0.690. The van der Waals surface area contributed by atoms with Crippen LogP contribution >= 0.6 is 38.5 Å². The molecule has 1 N–H and O–H groups in total. The van der Waals surface area contributed by atoms with Crippen LogP contribution in [0.1, 0.15) is 24.0 Å². The molecule has 1 aromatic heterocycles. The summed E-state index contributed by atoms with van der Waals surface area (Å²) in [6, 6.07) is 7.95. The zero-order valence-electron chi connectivity index (χ0n) is 9.84. The summed E-state index contributed by atoms with van der Waals surface area (Å²) >= 11 is 5.54. The molecule has 0 aliphatic heterocycles. The SMILES string of the molecule is CCc1nc(Cc2ccccc2Br)[nH]c(=O)c1I. The molecule has 0 aliphatic rings. The summed E-state index contributed by atoms with van der Waals surface area (Å²) in [5.41, 5.74) is 1.93. The number of nitrogens with zero attached hydrogens (tertiary/aromatic N) is 1. The van der Waals surface area contributed by atoms with E-state index in [2.05, 4.69) is 25.9 Å². The van der Waals surface area contributed by atoms with Crippen LogP contribution in [-0.4, -0.2) is 9.97 Å². The number of nitrogens with one attached hydrogen (secondary N) is 1. The van der Waals surface area contributed by atoms with Gasteiger partial charge in [-0.25, -0.2) is 4.98 Å². The van der Waals surface area contributed by atoms with Crippen LogP contribution in [0, 0.1) is 3.57 Å². The molecule has 2 rings (SSSR count). The van der Waals surface area contributed by atoms with Gasteiger partial charge in [0, 0.05) is 10.9 Å². The topological polar surface area (TPSA) is 45.8 Å². The molecule has 0 amide bonds. The van der Waals surface area contributed by atoms with Crippen LogP contribution in [0.4, 0.5) is 0 Å². The number of H-pyrrole nitrogens is 1. The maximum absolute atomic E-state index is 11.8. The minimum Gasteiger partial charge on any atom is -0.309 e. The number of aromatic nitrogens is 2. The number of halogens is 2. The molecule has 0 atom stereocenters. The molecule has 18 heavy (non-hydrogen) atoms. The smallest absolute Gasteiger partial charge is 0.264 e. The lowest BCUT2D eigenvalue weighted by atomic mass is 10.1. The largest absolute Gasteiger partial charge is 0.309 e. The van der Waals surface area contributed by atoms with E-state index < -0.39 is 0 Å². The fraction of sp³-hybridized carbons (Fsp3) is 0.231. The summed E-state index contributed by atoms with van der Waals surface area (Å²) in [6.07, 6.45) is 1.39. The number of hydrogen-bond donors (Lipinski definition) is 1. The van der Waals surface area contributed by atoms with Gasteiger partial charge in [-0.05, 0) is 40.6 Å². The Morgan fingerprint density at radius 1 is 1.39 bits per heavy atom. The van der Waals surface area contributed by atoms with Gasteiger partial charge in [0.2, 0.25) is 0 Å². The second kappa shape index (κ2) is 5.97. The molecular formula is C13H12BrIN2O. The first kappa shape index (κ1) is 13.7. The third-order valence-corrected chi connectivity index (χ3v) is 4.52. The third-order valence-electron chi connectivity index (χ3n) is 2.63. The second-order valence-corrected chi connectivity index (χ2v) is 5.83. The van der Waals surface area contributed by atoms with E-state index in [1.165, 1.54) is 0 Å². The third kappa shape index (κ3) is 3.00. The van der Waals surface area contributed by atoms with Gasteiger partial charge in [0.15, 0.2) is 0 Å². The van der Waals surface area contributed by atoms with Gasteiger partial charge in [-0.2, -0.15) is 0 Å². The molecule has 5 heteroatoms. The first-order valence-electron chi connectivity index (χ1n) is 5.62. The van der Waals surface area contributed by atoms with Crippen molar-refractivity contribution in [1.29, 1.82) is 0 Å². The molecule has 0 unspecified atom stereocenters. The summed E-state index contributed by atoms with van der Waals surface area (Å²) in [5, 5.41) is 0.